The standard InChI is InChI=1S/C38H22.C14H10/c1-3-31-33-15-7-5-11-27(33)23-29-13-9-17-35(37(29)31)25-19-21-26(22-20-25)36-18-10-14-30-24-28-12-6-8-16-34(28)32(4-2)38(30)36;1-2-6-12-10-14-8-4-3-7-13(14)9-11(12)5-1/h1-2,5-24H;1-10H. The summed E-state index contributed by atoms with van der Waals surface area (Å²) in [6, 6.07) is 64.1. The van der Waals surface area contributed by atoms with Crippen molar-refractivity contribution in [2.45, 2.75) is 0 Å². The highest BCUT2D eigenvalue weighted by molar-refractivity contribution is 6.12. The average Bonchev–Trinajstić information content (AvgIpc) is 3.21. The molecule has 0 aliphatic rings. The lowest BCUT2D eigenvalue weighted by atomic mass is 9.89. The van der Waals surface area contributed by atoms with Crippen molar-refractivity contribution < 1.29 is 0 Å². The maximum absolute atomic E-state index is 6.08. The van der Waals surface area contributed by atoms with Gasteiger partial charge in [-0.15, -0.1) is 12.8 Å². The Bertz CT molecular complexity index is 2810. The molecule has 0 N–H and O–H groups in total. The molecule has 0 aromatic heterocycles. The van der Waals surface area contributed by atoms with Crippen molar-refractivity contribution in [2.75, 3.05) is 0 Å². The van der Waals surface area contributed by atoms with Crippen LogP contribution in [0.3, 0.4) is 0 Å². The van der Waals surface area contributed by atoms with Crippen LogP contribution >= 0.6 is 0 Å². The van der Waals surface area contributed by atoms with Crippen LogP contribution in [0.25, 0.3) is 86.9 Å². The summed E-state index contributed by atoms with van der Waals surface area (Å²) in [5, 5.41) is 14.3. The van der Waals surface area contributed by atoms with Crippen molar-refractivity contribution >= 4 is 64.6 Å². The van der Waals surface area contributed by atoms with Crippen molar-refractivity contribution in [3.63, 3.8) is 0 Å². The van der Waals surface area contributed by atoms with Gasteiger partial charge in [-0.1, -0.05) is 170 Å². The van der Waals surface area contributed by atoms with E-state index in [2.05, 4.69) is 182 Å². The number of terminal acetylenes is 2. The summed E-state index contributed by atoms with van der Waals surface area (Å²) < 4.78 is 0. The first kappa shape index (κ1) is 30.9. The molecule has 240 valence electrons. The smallest absolute Gasteiger partial charge is 0.0405 e. The Morgan fingerprint density at radius 3 is 0.962 bits per heavy atom. The van der Waals surface area contributed by atoms with Gasteiger partial charge in [0, 0.05) is 21.9 Å². The molecule has 52 heavy (non-hydrogen) atoms. The molecule has 10 aromatic carbocycles. The van der Waals surface area contributed by atoms with Crippen molar-refractivity contribution in [1.82, 2.24) is 0 Å². The highest BCUT2D eigenvalue weighted by Gasteiger charge is 2.14. The van der Waals surface area contributed by atoms with E-state index in [1.54, 1.807) is 0 Å². The second-order valence-corrected chi connectivity index (χ2v) is 13.2. The van der Waals surface area contributed by atoms with E-state index >= 15 is 0 Å². The molecule has 0 heterocycles. The quantitative estimate of drug-likeness (QED) is 0.128. The van der Waals surface area contributed by atoms with E-state index in [1.807, 2.05) is 12.1 Å². The Morgan fingerprint density at radius 1 is 0.288 bits per heavy atom. The van der Waals surface area contributed by atoms with E-state index in [1.165, 1.54) is 21.5 Å². The maximum Gasteiger partial charge on any atom is 0.0405 e. The molecular weight excluding hydrogens is 625 g/mol. The lowest BCUT2D eigenvalue weighted by Crippen LogP contribution is -1.90. The van der Waals surface area contributed by atoms with Crippen LogP contribution in [0.2, 0.25) is 0 Å². The molecule has 0 amide bonds. The third-order valence-electron chi connectivity index (χ3n) is 10.2. The van der Waals surface area contributed by atoms with Gasteiger partial charge in [0.05, 0.1) is 0 Å². The number of fused-ring (bicyclic) bond motifs is 6. The molecular formula is C52H32. The van der Waals surface area contributed by atoms with Crippen LogP contribution in [0.4, 0.5) is 0 Å². The van der Waals surface area contributed by atoms with Gasteiger partial charge in [-0.25, -0.2) is 0 Å². The SMILES string of the molecule is C#Cc1c2ccccc2cc2cccc(-c3ccc(-c4cccc5cc6ccccc6c(C#C)c45)cc3)c12.c1ccc2cc3ccccc3cc2c1. The number of hydrogen-bond donors (Lipinski definition) is 0. The molecule has 0 fully saturated rings. The molecule has 0 bridgehead atoms. The van der Waals surface area contributed by atoms with E-state index in [0.29, 0.717) is 0 Å². The first-order valence-electron chi connectivity index (χ1n) is 17.5. The fourth-order valence-corrected chi connectivity index (χ4v) is 7.74. The van der Waals surface area contributed by atoms with E-state index in [4.69, 9.17) is 12.8 Å². The summed E-state index contributed by atoms with van der Waals surface area (Å²) in [6.45, 7) is 0. The van der Waals surface area contributed by atoms with Gasteiger partial charge in [0.1, 0.15) is 0 Å². The zero-order valence-electron chi connectivity index (χ0n) is 28.5. The molecule has 0 atom stereocenters. The Balaban J connectivity index is 0.000000214. The van der Waals surface area contributed by atoms with Gasteiger partial charge in [-0.3, -0.25) is 0 Å². The normalized spacial score (nSPS) is 11.0. The lowest BCUT2D eigenvalue weighted by Gasteiger charge is -2.14. The van der Waals surface area contributed by atoms with Crippen LogP contribution in [0.15, 0.2) is 182 Å². The van der Waals surface area contributed by atoms with Crippen molar-refractivity contribution in [3.05, 3.63) is 193 Å². The molecule has 10 rings (SSSR count). The average molecular weight is 657 g/mol. The molecule has 0 aliphatic carbocycles. The van der Waals surface area contributed by atoms with Crippen LogP contribution < -0.4 is 0 Å². The van der Waals surface area contributed by atoms with Gasteiger partial charge in [-0.2, -0.15) is 0 Å². The second-order valence-electron chi connectivity index (χ2n) is 13.2. The highest BCUT2D eigenvalue weighted by atomic mass is 14.2. The molecule has 0 unspecified atom stereocenters. The third-order valence-corrected chi connectivity index (χ3v) is 10.2. The van der Waals surface area contributed by atoms with Gasteiger partial charge >= 0.3 is 0 Å². The van der Waals surface area contributed by atoms with Gasteiger partial charge in [-0.05, 0) is 100 Å². The number of benzene rings is 10. The minimum Gasteiger partial charge on any atom is -0.115 e. The van der Waals surface area contributed by atoms with Crippen molar-refractivity contribution in [1.29, 1.82) is 0 Å². The van der Waals surface area contributed by atoms with E-state index in [-0.39, 0.29) is 0 Å². The van der Waals surface area contributed by atoms with E-state index < -0.39 is 0 Å². The molecule has 0 saturated carbocycles. The first-order valence-corrected chi connectivity index (χ1v) is 17.5. The summed E-state index contributed by atoms with van der Waals surface area (Å²) in [4.78, 5) is 0. The largest absolute Gasteiger partial charge is 0.115 e. The predicted molar refractivity (Wildman–Crippen MR) is 225 cm³/mol. The predicted octanol–water partition coefficient (Wildman–Crippen LogP) is 13.6. The fraction of sp³-hybridized carbons (Fsp3) is 0. The van der Waals surface area contributed by atoms with Gasteiger partial charge in [0.25, 0.3) is 0 Å². The zero-order valence-corrected chi connectivity index (χ0v) is 28.5. The Hall–Kier alpha value is -7.12. The molecule has 0 saturated heterocycles. The minimum atomic E-state index is 0.942. The summed E-state index contributed by atoms with van der Waals surface area (Å²) in [5.41, 5.74) is 6.43. The van der Waals surface area contributed by atoms with Gasteiger partial charge in [0.2, 0.25) is 0 Å². The topological polar surface area (TPSA) is 0 Å². The molecule has 0 radical (unpaired) electrons. The second kappa shape index (κ2) is 13.0. The maximum atomic E-state index is 6.08. The first-order chi connectivity index (χ1) is 25.7. The Morgan fingerprint density at radius 2 is 0.596 bits per heavy atom. The van der Waals surface area contributed by atoms with Crippen molar-refractivity contribution in [3.8, 4) is 46.9 Å². The summed E-state index contributed by atoms with van der Waals surface area (Å²) in [6.07, 6.45) is 12.2. The van der Waals surface area contributed by atoms with Crippen LogP contribution in [0.1, 0.15) is 11.1 Å². The van der Waals surface area contributed by atoms with Crippen LogP contribution in [-0.4, -0.2) is 0 Å². The molecule has 0 heteroatoms. The third kappa shape index (κ3) is 5.32. The van der Waals surface area contributed by atoms with Crippen LogP contribution in [-0.2, 0) is 0 Å². The van der Waals surface area contributed by atoms with E-state index in [0.717, 1.165) is 76.5 Å². The van der Waals surface area contributed by atoms with Crippen LogP contribution in [0, 0.1) is 24.7 Å². The summed E-state index contributed by atoms with van der Waals surface area (Å²) >= 11 is 0. The fourth-order valence-electron chi connectivity index (χ4n) is 7.74. The lowest BCUT2D eigenvalue weighted by molar-refractivity contribution is 1.62. The van der Waals surface area contributed by atoms with E-state index in [9.17, 15) is 0 Å². The molecule has 10 aromatic rings. The Kier molecular flexibility index (Phi) is 7.71. The molecule has 0 nitrogen and oxygen atoms in total. The number of rotatable bonds is 2. The van der Waals surface area contributed by atoms with Crippen LogP contribution in [0.5, 0.6) is 0 Å². The Labute approximate surface area is 303 Å². The number of hydrogen-bond acceptors (Lipinski definition) is 0. The summed E-state index contributed by atoms with van der Waals surface area (Å²) in [5.74, 6) is 5.98. The van der Waals surface area contributed by atoms with Crippen molar-refractivity contribution in [2.24, 2.45) is 0 Å². The molecule has 0 spiro atoms. The molecule has 0 aliphatic heterocycles. The van der Waals surface area contributed by atoms with Gasteiger partial charge in [0.15, 0.2) is 0 Å². The zero-order chi connectivity index (χ0) is 35.0. The van der Waals surface area contributed by atoms with Gasteiger partial charge < -0.3 is 0 Å². The monoisotopic (exact) mass is 656 g/mol. The highest BCUT2D eigenvalue weighted by Crippen LogP contribution is 2.39. The summed E-state index contributed by atoms with van der Waals surface area (Å²) in [7, 11) is 0. The minimum absolute atomic E-state index is 0.942.